The first-order chi connectivity index (χ1) is 14.1. The highest BCUT2D eigenvalue weighted by atomic mass is 16.2. The Bertz CT molecular complexity index is 894. The molecule has 0 spiro atoms. The highest BCUT2D eigenvalue weighted by Crippen LogP contribution is 2.21. The molecule has 7 heteroatoms. The van der Waals surface area contributed by atoms with E-state index in [1.54, 1.807) is 11.1 Å². The zero-order valence-electron chi connectivity index (χ0n) is 16.7. The number of hydrogen-bond donors (Lipinski definition) is 3. The average molecular weight is 396 g/mol. The molecule has 29 heavy (non-hydrogen) atoms. The van der Waals surface area contributed by atoms with Crippen LogP contribution in [0.2, 0.25) is 0 Å². The normalized spacial score (nSPS) is 19.7. The van der Waals surface area contributed by atoms with Crippen LogP contribution in [0.5, 0.6) is 0 Å². The van der Waals surface area contributed by atoms with Crippen molar-refractivity contribution in [1.29, 1.82) is 0 Å². The van der Waals surface area contributed by atoms with Crippen molar-refractivity contribution in [2.24, 2.45) is 0 Å². The van der Waals surface area contributed by atoms with E-state index in [0.717, 1.165) is 42.0 Å². The predicted octanol–water partition coefficient (Wildman–Crippen LogP) is 1.96. The molecule has 0 bridgehead atoms. The molecular formula is C22H29N5O2. The largest absolute Gasteiger partial charge is 0.383 e. The molecule has 2 aromatic rings. The van der Waals surface area contributed by atoms with Gasteiger partial charge in [0.2, 0.25) is 11.8 Å². The van der Waals surface area contributed by atoms with Crippen LogP contribution in [0.15, 0.2) is 30.5 Å². The Hall–Kier alpha value is -2.67. The fraction of sp³-hybridized carbons (Fsp3) is 0.500. The first-order valence-electron chi connectivity index (χ1n) is 10.6. The van der Waals surface area contributed by atoms with Gasteiger partial charge in [-0.2, -0.15) is 0 Å². The second-order valence-electron chi connectivity index (χ2n) is 8.08. The number of nitrogens with two attached hydrogens (primary N) is 1. The number of amides is 2. The van der Waals surface area contributed by atoms with Gasteiger partial charge in [0.25, 0.3) is 0 Å². The highest BCUT2D eigenvalue weighted by molar-refractivity contribution is 5.91. The van der Waals surface area contributed by atoms with E-state index in [2.05, 4.69) is 15.6 Å². The first-order valence-corrected chi connectivity index (χ1v) is 10.6. The summed E-state index contributed by atoms with van der Waals surface area (Å²) in [7, 11) is 0. The maximum absolute atomic E-state index is 12.8. The number of carbonyl (C=O) groups excluding carboxylic acids is 2. The topological polar surface area (TPSA) is 100 Å². The van der Waals surface area contributed by atoms with E-state index in [0.29, 0.717) is 31.5 Å². The maximum Gasteiger partial charge on any atom is 0.243 e. The number of anilines is 1. The molecule has 1 saturated heterocycles. The maximum atomic E-state index is 12.8. The van der Waals surface area contributed by atoms with Gasteiger partial charge in [-0.05, 0) is 48.8 Å². The fourth-order valence-corrected chi connectivity index (χ4v) is 4.47. The summed E-state index contributed by atoms with van der Waals surface area (Å²) in [6.07, 6.45) is 8.03. The monoisotopic (exact) mass is 395 g/mol. The number of nitrogen functional groups attached to an aromatic ring is 1. The number of nitrogens with one attached hydrogen (secondary N) is 2. The van der Waals surface area contributed by atoms with Gasteiger partial charge < -0.3 is 21.3 Å². The molecule has 1 aliphatic heterocycles. The number of carbonyl (C=O) groups is 2. The van der Waals surface area contributed by atoms with E-state index in [1.807, 2.05) is 24.3 Å². The second kappa shape index (κ2) is 8.78. The van der Waals surface area contributed by atoms with Crippen LogP contribution < -0.4 is 16.4 Å². The van der Waals surface area contributed by atoms with Crippen LogP contribution >= 0.6 is 0 Å². The molecule has 2 heterocycles. The summed E-state index contributed by atoms with van der Waals surface area (Å²) in [5.74, 6) is 0.457. The Labute approximate surface area is 171 Å². The summed E-state index contributed by atoms with van der Waals surface area (Å²) in [5, 5.41) is 8.27. The van der Waals surface area contributed by atoms with Crippen LogP contribution in [-0.2, 0) is 16.1 Å². The standard InChI is InChI=1S/C22H29N5O2/c23-21-18-8-7-15(12-16(18)9-10-24-21)13-26-22(29)19-6-3-11-27(19)20(28)14-25-17-4-1-2-5-17/h7-10,12,17,19,25H,1-6,11,13-14H2,(H2,23,24)(H,26,29)/t19-/m0/s1. The minimum Gasteiger partial charge on any atom is -0.383 e. The zero-order valence-corrected chi connectivity index (χ0v) is 16.7. The Morgan fingerprint density at radius 2 is 1.97 bits per heavy atom. The van der Waals surface area contributed by atoms with Gasteiger partial charge in [-0.25, -0.2) is 4.98 Å². The van der Waals surface area contributed by atoms with Gasteiger partial charge in [0, 0.05) is 30.7 Å². The fourth-order valence-electron chi connectivity index (χ4n) is 4.47. The lowest BCUT2D eigenvalue weighted by atomic mass is 10.1. The molecule has 2 aliphatic rings. The molecule has 2 amide bonds. The number of rotatable bonds is 6. The smallest absolute Gasteiger partial charge is 0.243 e. The van der Waals surface area contributed by atoms with E-state index >= 15 is 0 Å². The van der Waals surface area contributed by atoms with E-state index in [-0.39, 0.29) is 17.9 Å². The Kier molecular flexibility index (Phi) is 5.94. The van der Waals surface area contributed by atoms with Gasteiger partial charge in [-0.15, -0.1) is 0 Å². The number of aromatic nitrogens is 1. The molecule has 154 valence electrons. The molecule has 1 aliphatic carbocycles. The Morgan fingerprint density at radius 3 is 2.79 bits per heavy atom. The number of benzene rings is 1. The van der Waals surface area contributed by atoms with Gasteiger partial charge in [0.15, 0.2) is 0 Å². The van der Waals surface area contributed by atoms with Crippen molar-refractivity contribution in [3.63, 3.8) is 0 Å². The molecule has 0 radical (unpaired) electrons. The van der Waals surface area contributed by atoms with Crippen molar-refractivity contribution >= 4 is 28.4 Å². The summed E-state index contributed by atoms with van der Waals surface area (Å²) in [5.41, 5.74) is 6.89. The van der Waals surface area contributed by atoms with Crippen LogP contribution in [0.3, 0.4) is 0 Å². The number of likely N-dealkylation sites (tertiary alicyclic amines) is 1. The molecule has 0 unspecified atom stereocenters. The molecule has 1 aromatic carbocycles. The molecule has 4 N–H and O–H groups in total. The van der Waals surface area contributed by atoms with Crippen molar-refractivity contribution in [1.82, 2.24) is 20.5 Å². The van der Waals surface area contributed by atoms with Crippen molar-refractivity contribution in [2.45, 2.75) is 57.2 Å². The van der Waals surface area contributed by atoms with Gasteiger partial charge in [0.1, 0.15) is 11.9 Å². The van der Waals surface area contributed by atoms with Crippen LogP contribution in [0, 0.1) is 0 Å². The molecule has 7 nitrogen and oxygen atoms in total. The summed E-state index contributed by atoms with van der Waals surface area (Å²) >= 11 is 0. The van der Waals surface area contributed by atoms with Crippen molar-refractivity contribution < 1.29 is 9.59 Å². The number of hydrogen-bond acceptors (Lipinski definition) is 5. The van der Waals surface area contributed by atoms with Crippen LogP contribution in [0.4, 0.5) is 5.82 Å². The summed E-state index contributed by atoms with van der Waals surface area (Å²) < 4.78 is 0. The third kappa shape index (κ3) is 4.50. The van der Waals surface area contributed by atoms with E-state index in [1.165, 1.54) is 12.8 Å². The van der Waals surface area contributed by atoms with Gasteiger partial charge in [-0.3, -0.25) is 9.59 Å². The van der Waals surface area contributed by atoms with Gasteiger partial charge >= 0.3 is 0 Å². The molecule has 1 saturated carbocycles. The van der Waals surface area contributed by atoms with Gasteiger partial charge in [0.05, 0.1) is 6.54 Å². The predicted molar refractivity (Wildman–Crippen MR) is 113 cm³/mol. The van der Waals surface area contributed by atoms with E-state index < -0.39 is 0 Å². The SMILES string of the molecule is Nc1nccc2cc(CNC(=O)[C@@H]3CCCN3C(=O)CNC3CCCC3)ccc12. The molecule has 1 aromatic heterocycles. The number of pyridine rings is 1. The van der Waals surface area contributed by atoms with Gasteiger partial charge in [-0.1, -0.05) is 25.0 Å². The lowest BCUT2D eigenvalue weighted by molar-refractivity contribution is -0.137. The van der Waals surface area contributed by atoms with Crippen molar-refractivity contribution in [3.8, 4) is 0 Å². The van der Waals surface area contributed by atoms with Crippen LogP contribution in [0.1, 0.15) is 44.1 Å². The van der Waals surface area contributed by atoms with Crippen molar-refractivity contribution in [3.05, 3.63) is 36.0 Å². The van der Waals surface area contributed by atoms with Crippen LogP contribution in [-0.4, -0.2) is 46.9 Å². The Morgan fingerprint density at radius 1 is 1.14 bits per heavy atom. The minimum absolute atomic E-state index is 0.0308. The lowest BCUT2D eigenvalue weighted by Crippen LogP contribution is -2.49. The van der Waals surface area contributed by atoms with E-state index in [4.69, 9.17) is 5.73 Å². The average Bonchev–Trinajstić information content (AvgIpc) is 3.42. The molecular weight excluding hydrogens is 366 g/mol. The lowest BCUT2D eigenvalue weighted by Gasteiger charge is -2.25. The third-order valence-electron chi connectivity index (χ3n) is 6.10. The summed E-state index contributed by atoms with van der Waals surface area (Å²) in [4.78, 5) is 31.2. The second-order valence-corrected chi connectivity index (χ2v) is 8.08. The molecule has 2 fully saturated rings. The minimum atomic E-state index is -0.367. The first kappa shape index (κ1) is 19.6. The summed E-state index contributed by atoms with van der Waals surface area (Å²) in [6.45, 7) is 1.41. The van der Waals surface area contributed by atoms with Crippen LogP contribution in [0.25, 0.3) is 10.8 Å². The number of nitrogens with zero attached hydrogens (tertiary/aromatic N) is 2. The number of fused-ring (bicyclic) bond motifs is 1. The zero-order chi connectivity index (χ0) is 20.2. The summed E-state index contributed by atoms with van der Waals surface area (Å²) in [6, 6.07) is 7.88. The highest BCUT2D eigenvalue weighted by Gasteiger charge is 2.33. The van der Waals surface area contributed by atoms with E-state index in [9.17, 15) is 9.59 Å². The molecule has 4 rings (SSSR count). The quantitative estimate of drug-likeness (QED) is 0.694. The third-order valence-corrected chi connectivity index (χ3v) is 6.10. The van der Waals surface area contributed by atoms with Crippen molar-refractivity contribution in [2.75, 3.05) is 18.8 Å². The molecule has 1 atom stereocenters. The Balaban J connectivity index is 1.33.